The van der Waals surface area contributed by atoms with Gasteiger partial charge in [0, 0.05) is 12.8 Å². The van der Waals surface area contributed by atoms with Gasteiger partial charge in [0.1, 0.15) is 5.78 Å². The van der Waals surface area contributed by atoms with E-state index < -0.39 is 0 Å². The second kappa shape index (κ2) is 4.45. The molecule has 0 radical (unpaired) electrons. The van der Waals surface area contributed by atoms with Crippen molar-refractivity contribution in [1.29, 1.82) is 0 Å². The number of carbonyl (C=O) groups is 1. The third-order valence-corrected chi connectivity index (χ3v) is 4.13. The molecule has 1 aliphatic rings. The molecule has 0 aliphatic heterocycles. The SMILES string of the molecule is NCC1(CC(=O)Cc2ccsc2)CCC1. The van der Waals surface area contributed by atoms with E-state index in [1.807, 2.05) is 16.8 Å². The minimum absolute atomic E-state index is 0.160. The zero-order valence-corrected chi connectivity index (χ0v) is 9.69. The molecule has 1 fully saturated rings. The fraction of sp³-hybridized carbons (Fsp3) is 0.583. The molecule has 1 aromatic rings. The van der Waals surface area contributed by atoms with Crippen LogP contribution in [0.15, 0.2) is 16.8 Å². The van der Waals surface area contributed by atoms with E-state index in [-0.39, 0.29) is 5.41 Å². The minimum atomic E-state index is 0.160. The first-order valence-electron chi connectivity index (χ1n) is 5.47. The largest absolute Gasteiger partial charge is 0.330 e. The monoisotopic (exact) mass is 223 g/mol. The number of rotatable bonds is 5. The van der Waals surface area contributed by atoms with Gasteiger partial charge >= 0.3 is 0 Å². The maximum atomic E-state index is 11.8. The van der Waals surface area contributed by atoms with E-state index in [2.05, 4.69) is 0 Å². The van der Waals surface area contributed by atoms with Crippen LogP contribution in [0.4, 0.5) is 0 Å². The van der Waals surface area contributed by atoms with Gasteiger partial charge in [-0.15, -0.1) is 0 Å². The van der Waals surface area contributed by atoms with Crippen molar-refractivity contribution in [3.63, 3.8) is 0 Å². The van der Waals surface area contributed by atoms with Crippen LogP contribution in [-0.4, -0.2) is 12.3 Å². The normalized spacial score (nSPS) is 18.5. The van der Waals surface area contributed by atoms with Crippen molar-refractivity contribution in [2.24, 2.45) is 11.1 Å². The third kappa shape index (κ3) is 2.47. The third-order valence-electron chi connectivity index (χ3n) is 3.40. The molecule has 2 rings (SSSR count). The van der Waals surface area contributed by atoms with Gasteiger partial charge in [0.25, 0.3) is 0 Å². The molecule has 2 nitrogen and oxygen atoms in total. The lowest BCUT2D eigenvalue weighted by Crippen LogP contribution is -2.39. The Morgan fingerprint density at radius 3 is 2.80 bits per heavy atom. The van der Waals surface area contributed by atoms with E-state index in [1.54, 1.807) is 11.3 Å². The lowest BCUT2D eigenvalue weighted by atomic mass is 9.65. The summed E-state index contributed by atoms with van der Waals surface area (Å²) in [4.78, 5) is 11.8. The summed E-state index contributed by atoms with van der Waals surface area (Å²) in [6, 6.07) is 2.03. The standard InChI is InChI=1S/C12H17NOS/c13-9-12(3-1-4-12)7-11(14)6-10-2-5-15-8-10/h2,5,8H,1,3-4,6-7,9,13H2. The van der Waals surface area contributed by atoms with Gasteiger partial charge in [-0.2, -0.15) is 11.3 Å². The van der Waals surface area contributed by atoms with Crippen molar-refractivity contribution in [3.8, 4) is 0 Å². The predicted molar refractivity (Wildman–Crippen MR) is 63.0 cm³/mol. The molecule has 0 aromatic carbocycles. The summed E-state index contributed by atoms with van der Waals surface area (Å²) in [6.07, 6.45) is 4.78. The minimum Gasteiger partial charge on any atom is -0.330 e. The zero-order chi connectivity index (χ0) is 10.7. The Labute approximate surface area is 94.5 Å². The van der Waals surface area contributed by atoms with Crippen LogP contribution in [0.5, 0.6) is 0 Å². The first kappa shape index (κ1) is 10.8. The van der Waals surface area contributed by atoms with Crippen molar-refractivity contribution in [1.82, 2.24) is 0 Å². The molecular formula is C12H17NOS. The smallest absolute Gasteiger partial charge is 0.137 e. The predicted octanol–water partition coefficient (Wildman–Crippen LogP) is 2.38. The molecule has 1 aliphatic carbocycles. The highest BCUT2D eigenvalue weighted by molar-refractivity contribution is 7.07. The van der Waals surface area contributed by atoms with Gasteiger partial charge in [-0.1, -0.05) is 6.42 Å². The number of carbonyl (C=O) groups excluding carboxylic acids is 1. The van der Waals surface area contributed by atoms with Gasteiger partial charge in [-0.3, -0.25) is 4.79 Å². The molecule has 0 amide bonds. The Morgan fingerprint density at radius 1 is 1.53 bits per heavy atom. The molecule has 15 heavy (non-hydrogen) atoms. The molecule has 0 atom stereocenters. The van der Waals surface area contributed by atoms with Crippen molar-refractivity contribution in [2.75, 3.05) is 6.54 Å². The Bertz CT molecular complexity index is 322. The Kier molecular flexibility index (Phi) is 3.22. The van der Waals surface area contributed by atoms with E-state index >= 15 is 0 Å². The fourth-order valence-electron chi connectivity index (χ4n) is 2.23. The van der Waals surface area contributed by atoms with Crippen LogP contribution in [0.1, 0.15) is 31.2 Å². The summed E-state index contributed by atoms with van der Waals surface area (Å²) in [7, 11) is 0. The quantitative estimate of drug-likeness (QED) is 0.833. The lowest BCUT2D eigenvalue weighted by molar-refractivity contribution is -0.122. The van der Waals surface area contributed by atoms with Crippen LogP contribution in [0, 0.1) is 5.41 Å². The van der Waals surface area contributed by atoms with Crippen LogP contribution >= 0.6 is 11.3 Å². The van der Waals surface area contributed by atoms with Crippen molar-refractivity contribution >= 4 is 17.1 Å². The molecule has 0 bridgehead atoms. The second-order valence-electron chi connectivity index (χ2n) is 4.58. The second-order valence-corrected chi connectivity index (χ2v) is 5.36. The van der Waals surface area contributed by atoms with E-state index in [1.165, 1.54) is 6.42 Å². The first-order valence-corrected chi connectivity index (χ1v) is 6.41. The molecule has 0 unspecified atom stereocenters. The Balaban J connectivity index is 1.87. The van der Waals surface area contributed by atoms with Crippen molar-refractivity contribution in [2.45, 2.75) is 32.1 Å². The van der Waals surface area contributed by atoms with Crippen LogP contribution in [0.3, 0.4) is 0 Å². The molecule has 1 saturated carbocycles. The topological polar surface area (TPSA) is 43.1 Å². The highest BCUT2D eigenvalue weighted by Gasteiger charge is 2.37. The summed E-state index contributed by atoms with van der Waals surface area (Å²) >= 11 is 1.65. The van der Waals surface area contributed by atoms with E-state index in [0.717, 1.165) is 18.4 Å². The number of nitrogens with two attached hydrogens (primary N) is 1. The molecule has 0 spiro atoms. The summed E-state index contributed by atoms with van der Waals surface area (Å²) in [5.41, 5.74) is 7.05. The number of hydrogen-bond acceptors (Lipinski definition) is 3. The molecule has 0 saturated heterocycles. The molecule has 2 N–H and O–H groups in total. The number of hydrogen-bond donors (Lipinski definition) is 1. The average Bonchev–Trinajstić information content (AvgIpc) is 2.64. The Hall–Kier alpha value is -0.670. The van der Waals surface area contributed by atoms with Crippen LogP contribution < -0.4 is 5.73 Å². The molecular weight excluding hydrogens is 206 g/mol. The average molecular weight is 223 g/mol. The summed E-state index contributed by atoms with van der Waals surface area (Å²) < 4.78 is 0. The van der Waals surface area contributed by atoms with Gasteiger partial charge in [0.15, 0.2) is 0 Å². The highest BCUT2D eigenvalue weighted by Crippen LogP contribution is 2.43. The van der Waals surface area contributed by atoms with Gasteiger partial charge in [0.2, 0.25) is 0 Å². The van der Waals surface area contributed by atoms with Crippen molar-refractivity contribution in [3.05, 3.63) is 22.4 Å². The molecule has 3 heteroatoms. The van der Waals surface area contributed by atoms with E-state index in [0.29, 0.717) is 25.2 Å². The van der Waals surface area contributed by atoms with Gasteiger partial charge in [0.05, 0.1) is 0 Å². The van der Waals surface area contributed by atoms with Gasteiger partial charge in [-0.25, -0.2) is 0 Å². The van der Waals surface area contributed by atoms with Crippen molar-refractivity contribution < 1.29 is 4.79 Å². The van der Waals surface area contributed by atoms with Crippen LogP contribution in [0.2, 0.25) is 0 Å². The maximum absolute atomic E-state index is 11.8. The molecule has 1 aromatic heterocycles. The molecule has 82 valence electrons. The van der Waals surface area contributed by atoms with Gasteiger partial charge in [-0.05, 0) is 47.2 Å². The summed E-state index contributed by atoms with van der Waals surface area (Å²) in [5.74, 6) is 0.346. The first-order chi connectivity index (χ1) is 7.24. The number of ketones is 1. The molecule has 1 heterocycles. The van der Waals surface area contributed by atoms with E-state index in [9.17, 15) is 4.79 Å². The fourth-order valence-corrected chi connectivity index (χ4v) is 2.90. The Morgan fingerprint density at radius 2 is 2.33 bits per heavy atom. The van der Waals surface area contributed by atoms with Crippen LogP contribution in [-0.2, 0) is 11.2 Å². The summed E-state index contributed by atoms with van der Waals surface area (Å²) in [5, 5.41) is 4.07. The summed E-state index contributed by atoms with van der Waals surface area (Å²) in [6.45, 7) is 0.669. The van der Waals surface area contributed by atoms with Gasteiger partial charge < -0.3 is 5.73 Å². The number of Topliss-reactive ketones (excluding diaryl/α,β-unsaturated/α-hetero) is 1. The van der Waals surface area contributed by atoms with E-state index in [4.69, 9.17) is 5.73 Å². The van der Waals surface area contributed by atoms with Crippen LogP contribution in [0.25, 0.3) is 0 Å². The maximum Gasteiger partial charge on any atom is 0.137 e. The number of thiophene rings is 1. The lowest BCUT2D eigenvalue weighted by Gasteiger charge is -2.40. The zero-order valence-electron chi connectivity index (χ0n) is 8.87. The highest BCUT2D eigenvalue weighted by atomic mass is 32.1.